The van der Waals surface area contributed by atoms with E-state index in [-0.39, 0.29) is 11.8 Å². The third-order valence-electron chi connectivity index (χ3n) is 2.33. The molecule has 0 aromatic heterocycles. The molecule has 1 fully saturated rings. The molecule has 1 amide bonds. The number of amides is 1. The lowest BCUT2D eigenvalue weighted by molar-refractivity contribution is -0.122. The van der Waals surface area contributed by atoms with Crippen molar-refractivity contribution in [3.05, 3.63) is 6.42 Å². The third kappa shape index (κ3) is 3.32. The molecule has 1 radical (unpaired) electrons. The van der Waals surface area contributed by atoms with Gasteiger partial charge in [0.15, 0.2) is 0 Å². The SMILES string of the molecule is COCCN1C[CH]CC(C(N)=O)C1. The van der Waals surface area contributed by atoms with E-state index in [4.69, 9.17) is 10.5 Å². The summed E-state index contributed by atoms with van der Waals surface area (Å²) >= 11 is 0. The van der Waals surface area contributed by atoms with E-state index in [1.807, 2.05) is 0 Å². The van der Waals surface area contributed by atoms with Gasteiger partial charge >= 0.3 is 0 Å². The Balaban J connectivity index is 2.29. The number of primary amides is 1. The van der Waals surface area contributed by atoms with Crippen LogP contribution in [0.1, 0.15) is 6.42 Å². The van der Waals surface area contributed by atoms with Crippen LogP contribution in [0.25, 0.3) is 0 Å². The van der Waals surface area contributed by atoms with Crippen molar-refractivity contribution >= 4 is 5.91 Å². The largest absolute Gasteiger partial charge is 0.383 e. The molecule has 4 nitrogen and oxygen atoms in total. The molecular weight excluding hydrogens is 168 g/mol. The van der Waals surface area contributed by atoms with Crippen LogP contribution in [0.3, 0.4) is 0 Å². The molecule has 1 aliphatic rings. The van der Waals surface area contributed by atoms with Gasteiger partial charge in [-0.3, -0.25) is 9.69 Å². The Morgan fingerprint density at radius 1 is 1.77 bits per heavy atom. The zero-order valence-electron chi connectivity index (χ0n) is 8.03. The zero-order valence-corrected chi connectivity index (χ0v) is 8.03. The van der Waals surface area contributed by atoms with Gasteiger partial charge in [0.1, 0.15) is 0 Å². The van der Waals surface area contributed by atoms with E-state index >= 15 is 0 Å². The standard InChI is InChI=1S/C9H17N2O2/c1-13-6-5-11-4-2-3-8(7-11)9(10)12/h2,8H,3-7H2,1H3,(H2,10,12). The summed E-state index contributed by atoms with van der Waals surface area (Å²) in [6.07, 6.45) is 2.92. The Morgan fingerprint density at radius 3 is 3.15 bits per heavy atom. The number of methoxy groups -OCH3 is 1. The maximum atomic E-state index is 10.9. The number of carbonyl (C=O) groups excluding carboxylic acids is 1. The highest BCUT2D eigenvalue weighted by Gasteiger charge is 2.23. The molecule has 0 aromatic rings. The molecule has 1 saturated heterocycles. The molecule has 0 aliphatic carbocycles. The van der Waals surface area contributed by atoms with E-state index in [0.717, 1.165) is 26.1 Å². The maximum Gasteiger partial charge on any atom is 0.221 e. The van der Waals surface area contributed by atoms with Crippen LogP contribution in [-0.2, 0) is 9.53 Å². The lowest BCUT2D eigenvalue weighted by Crippen LogP contribution is -2.42. The van der Waals surface area contributed by atoms with Crippen LogP contribution in [-0.4, -0.2) is 44.2 Å². The van der Waals surface area contributed by atoms with Crippen LogP contribution in [0.4, 0.5) is 0 Å². The van der Waals surface area contributed by atoms with Crippen molar-refractivity contribution in [3.8, 4) is 0 Å². The lowest BCUT2D eigenvalue weighted by atomic mass is 9.98. The molecule has 1 atom stereocenters. The first kappa shape index (κ1) is 10.5. The van der Waals surface area contributed by atoms with Crippen molar-refractivity contribution in [3.63, 3.8) is 0 Å². The summed E-state index contributed by atoms with van der Waals surface area (Å²) in [7, 11) is 1.68. The molecule has 75 valence electrons. The van der Waals surface area contributed by atoms with Crippen LogP contribution < -0.4 is 5.73 Å². The minimum Gasteiger partial charge on any atom is -0.383 e. The molecule has 13 heavy (non-hydrogen) atoms. The summed E-state index contributed by atoms with van der Waals surface area (Å²) in [4.78, 5) is 13.1. The molecule has 1 unspecified atom stereocenters. The van der Waals surface area contributed by atoms with Crippen molar-refractivity contribution in [2.45, 2.75) is 6.42 Å². The van der Waals surface area contributed by atoms with Gasteiger partial charge in [-0.1, -0.05) is 0 Å². The van der Waals surface area contributed by atoms with E-state index in [0.29, 0.717) is 6.61 Å². The minimum absolute atomic E-state index is 0.00870. The van der Waals surface area contributed by atoms with Gasteiger partial charge < -0.3 is 10.5 Å². The number of nitrogens with two attached hydrogens (primary N) is 1. The first-order valence-electron chi connectivity index (χ1n) is 4.56. The van der Waals surface area contributed by atoms with Gasteiger partial charge in [-0.15, -0.1) is 0 Å². The quantitative estimate of drug-likeness (QED) is 0.651. The fourth-order valence-corrected chi connectivity index (χ4v) is 1.53. The summed E-state index contributed by atoms with van der Waals surface area (Å²) in [6.45, 7) is 3.29. The molecule has 0 saturated carbocycles. The zero-order chi connectivity index (χ0) is 9.68. The van der Waals surface area contributed by atoms with Gasteiger partial charge in [0, 0.05) is 26.7 Å². The fourth-order valence-electron chi connectivity index (χ4n) is 1.53. The molecule has 4 heteroatoms. The van der Waals surface area contributed by atoms with Crippen molar-refractivity contribution in [1.82, 2.24) is 4.90 Å². The molecule has 0 bridgehead atoms. The van der Waals surface area contributed by atoms with Gasteiger partial charge in [0.2, 0.25) is 5.91 Å². The van der Waals surface area contributed by atoms with Gasteiger partial charge in [0.25, 0.3) is 0 Å². The van der Waals surface area contributed by atoms with Crippen LogP contribution in [0.5, 0.6) is 0 Å². The Kier molecular flexibility index (Phi) is 4.18. The number of hydrogen-bond acceptors (Lipinski definition) is 3. The van der Waals surface area contributed by atoms with Gasteiger partial charge in [-0.05, 0) is 12.8 Å². The van der Waals surface area contributed by atoms with Crippen LogP contribution in [0, 0.1) is 12.3 Å². The van der Waals surface area contributed by atoms with Gasteiger partial charge in [-0.2, -0.15) is 0 Å². The molecule has 0 aromatic carbocycles. The lowest BCUT2D eigenvalue weighted by Gasteiger charge is -2.30. The van der Waals surface area contributed by atoms with Gasteiger partial charge in [-0.25, -0.2) is 0 Å². The molecular formula is C9H17N2O2. The number of likely N-dealkylation sites (tertiary alicyclic amines) is 1. The van der Waals surface area contributed by atoms with Crippen molar-refractivity contribution in [2.75, 3.05) is 33.4 Å². The molecule has 0 spiro atoms. The predicted molar refractivity (Wildman–Crippen MR) is 49.9 cm³/mol. The summed E-state index contributed by atoms with van der Waals surface area (Å²) in [5.74, 6) is -0.205. The monoisotopic (exact) mass is 185 g/mol. The highest BCUT2D eigenvalue weighted by Crippen LogP contribution is 2.14. The Bertz CT molecular complexity index is 173. The Hall–Kier alpha value is -0.610. The summed E-state index contributed by atoms with van der Waals surface area (Å²) in [5.41, 5.74) is 5.24. The highest BCUT2D eigenvalue weighted by molar-refractivity contribution is 5.77. The Morgan fingerprint density at radius 2 is 2.54 bits per heavy atom. The smallest absolute Gasteiger partial charge is 0.221 e. The van der Waals surface area contributed by atoms with Crippen LogP contribution in [0.15, 0.2) is 0 Å². The summed E-state index contributed by atoms with van der Waals surface area (Å²) in [5, 5.41) is 0. The number of carbonyl (C=O) groups is 1. The minimum atomic E-state index is -0.196. The molecule has 2 N–H and O–H groups in total. The topological polar surface area (TPSA) is 55.6 Å². The van der Waals surface area contributed by atoms with Crippen molar-refractivity contribution in [2.24, 2.45) is 11.7 Å². The molecule has 1 aliphatic heterocycles. The number of ether oxygens (including phenoxy) is 1. The highest BCUT2D eigenvalue weighted by atomic mass is 16.5. The van der Waals surface area contributed by atoms with Crippen LogP contribution in [0.2, 0.25) is 0 Å². The fraction of sp³-hybridized carbons (Fsp3) is 0.778. The van der Waals surface area contributed by atoms with Crippen LogP contribution >= 0.6 is 0 Å². The van der Waals surface area contributed by atoms with E-state index in [2.05, 4.69) is 11.3 Å². The third-order valence-corrected chi connectivity index (χ3v) is 2.33. The maximum absolute atomic E-state index is 10.9. The average Bonchev–Trinajstić information content (AvgIpc) is 2.15. The van der Waals surface area contributed by atoms with E-state index in [1.165, 1.54) is 0 Å². The first-order valence-corrected chi connectivity index (χ1v) is 4.56. The number of hydrogen-bond donors (Lipinski definition) is 1. The van der Waals surface area contributed by atoms with E-state index in [9.17, 15) is 4.79 Å². The second kappa shape index (κ2) is 5.19. The van der Waals surface area contributed by atoms with Crippen molar-refractivity contribution < 1.29 is 9.53 Å². The Labute approximate surface area is 79.0 Å². The number of rotatable bonds is 4. The van der Waals surface area contributed by atoms with Crippen molar-refractivity contribution in [1.29, 1.82) is 0 Å². The predicted octanol–water partition coefficient (Wildman–Crippen LogP) is -0.356. The normalized spacial score (nSPS) is 24.5. The summed E-state index contributed by atoms with van der Waals surface area (Å²) < 4.78 is 4.97. The van der Waals surface area contributed by atoms with Gasteiger partial charge in [0.05, 0.1) is 12.5 Å². The first-order chi connectivity index (χ1) is 6.24. The summed E-state index contributed by atoms with van der Waals surface area (Å²) in [6, 6.07) is 0. The average molecular weight is 185 g/mol. The number of piperidine rings is 1. The number of nitrogens with zero attached hydrogens (tertiary/aromatic N) is 1. The molecule has 1 heterocycles. The second-order valence-electron chi connectivity index (χ2n) is 3.38. The second-order valence-corrected chi connectivity index (χ2v) is 3.38. The van der Waals surface area contributed by atoms with E-state index < -0.39 is 0 Å². The molecule has 1 rings (SSSR count). The van der Waals surface area contributed by atoms with E-state index in [1.54, 1.807) is 7.11 Å².